The van der Waals surface area contributed by atoms with Gasteiger partial charge in [0.15, 0.2) is 0 Å². The summed E-state index contributed by atoms with van der Waals surface area (Å²) in [6.07, 6.45) is 0. The molecule has 156 valence electrons. The Morgan fingerprint density at radius 3 is 2.23 bits per heavy atom. The van der Waals surface area contributed by atoms with E-state index in [9.17, 15) is 14.7 Å². The number of aliphatic hydroxyl groups is 1. The zero-order valence-electron chi connectivity index (χ0n) is 16.9. The Hall–Kier alpha value is -3.08. The molecule has 1 saturated heterocycles. The molecule has 3 aromatic carbocycles. The number of amides is 1. The average Bonchev–Trinajstić information content (AvgIpc) is 3.01. The van der Waals surface area contributed by atoms with Crippen LogP contribution in [0.4, 0.5) is 5.69 Å². The highest BCUT2D eigenvalue weighted by atomic mass is 35.5. The lowest BCUT2D eigenvalue weighted by atomic mass is 9.95. The zero-order valence-corrected chi connectivity index (χ0v) is 18.4. The monoisotopic (exact) mass is 451 g/mol. The number of aryl methyl sites for hydroxylation is 2. The predicted octanol–water partition coefficient (Wildman–Crippen LogP) is 6.24. The second-order valence-corrected chi connectivity index (χ2v) is 8.36. The van der Waals surface area contributed by atoms with Gasteiger partial charge in [0.1, 0.15) is 5.76 Å². The third kappa shape index (κ3) is 3.85. The first kappa shape index (κ1) is 21.2. The molecule has 1 N–H and O–H groups in total. The van der Waals surface area contributed by atoms with E-state index in [0.717, 1.165) is 11.1 Å². The lowest BCUT2D eigenvalue weighted by Crippen LogP contribution is -2.29. The summed E-state index contributed by atoms with van der Waals surface area (Å²) in [5, 5.41) is 11.7. The third-order valence-corrected chi connectivity index (χ3v) is 6.05. The number of ketones is 1. The van der Waals surface area contributed by atoms with Crippen LogP contribution in [0.25, 0.3) is 5.76 Å². The van der Waals surface area contributed by atoms with E-state index in [1.807, 2.05) is 44.2 Å². The normalized spacial score (nSPS) is 17.9. The highest BCUT2D eigenvalue weighted by molar-refractivity contribution is 6.51. The van der Waals surface area contributed by atoms with Crippen molar-refractivity contribution in [2.45, 2.75) is 19.9 Å². The van der Waals surface area contributed by atoms with Crippen molar-refractivity contribution in [3.8, 4) is 0 Å². The van der Waals surface area contributed by atoms with Crippen molar-refractivity contribution < 1.29 is 14.7 Å². The molecule has 0 spiro atoms. The van der Waals surface area contributed by atoms with Gasteiger partial charge in [-0.2, -0.15) is 0 Å². The number of carbonyl (C=O) groups is 2. The number of hydrogen-bond acceptors (Lipinski definition) is 3. The van der Waals surface area contributed by atoms with E-state index in [1.165, 1.54) is 4.90 Å². The van der Waals surface area contributed by atoms with Gasteiger partial charge in [-0.05, 0) is 49.2 Å². The first-order valence-corrected chi connectivity index (χ1v) is 10.4. The largest absolute Gasteiger partial charge is 0.507 e. The fraction of sp³-hybridized carbons (Fsp3) is 0.120. The minimum absolute atomic E-state index is 0.00810. The second kappa shape index (κ2) is 8.22. The Kier molecular flexibility index (Phi) is 5.61. The fourth-order valence-electron chi connectivity index (χ4n) is 3.74. The van der Waals surface area contributed by atoms with Crippen LogP contribution >= 0.6 is 23.2 Å². The van der Waals surface area contributed by atoms with Crippen molar-refractivity contribution >= 4 is 46.3 Å². The Labute approximate surface area is 190 Å². The van der Waals surface area contributed by atoms with E-state index < -0.39 is 17.7 Å². The molecule has 1 unspecified atom stereocenters. The van der Waals surface area contributed by atoms with Crippen molar-refractivity contribution in [3.63, 3.8) is 0 Å². The number of rotatable bonds is 3. The number of carbonyl (C=O) groups excluding carboxylic acids is 2. The van der Waals surface area contributed by atoms with Gasteiger partial charge in [-0.3, -0.25) is 14.5 Å². The number of anilines is 1. The maximum atomic E-state index is 13.1. The number of hydrogen-bond donors (Lipinski definition) is 1. The number of aliphatic hydroxyl groups excluding tert-OH is 1. The van der Waals surface area contributed by atoms with E-state index >= 15 is 0 Å². The standard InChI is InChI=1S/C25H19Cl2NO3/c1-14-6-8-16(9-7-14)23(29)21-22(17-10-11-19(26)20(27)13-17)28(25(31)24(21)30)18-5-3-4-15(2)12-18/h3-13,22,29H,1-2H3/b23-21-. The maximum absolute atomic E-state index is 13.1. The van der Waals surface area contributed by atoms with Crippen LogP contribution in [0.5, 0.6) is 0 Å². The molecule has 1 fully saturated rings. The Morgan fingerprint density at radius 2 is 1.58 bits per heavy atom. The summed E-state index contributed by atoms with van der Waals surface area (Å²) in [6, 6.07) is 18.5. The minimum atomic E-state index is -0.849. The molecule has 0 aromatic heterocycles. The van der Waals surface area contributed by atoms with Crippen LogP contribution in [-0.2, 0) is 9.59 Å². The molecule has 1 aliphatic rings. The molecule has 1 atom stereocenters. The average molecular weight is 452 g/mol. The molecule has 31 heavy (non-hydrogen) atoms. The molecule has 1 heterocycles. The molecular formula is C25H19Cl2NO3. The zero-order chi connectivity index (χ0) is 22.3. The minimum Gasteiger partial charge on any atom is -0.507 e. The van der Waals surface area contributed by atoms with E-state index in [-0.39, 0.29) is 11.3 Å². The number of nitrogens with zero attached hydrogens (tertiary/aromatic N) is 1. The van der Waals surface area contributed by atoms with Crippen LogP contribution in [0.3, 0.4) is 0 Å². The van der Waals surface area contributed by atoms with Crippen molar-refractivity contribution in [1.82, 2.24) is 0 Å². The lowest BCUT2D eigenvalue weighted by Gasteiger charge is -2.26. The molecule has 4 nitrogen and oxygen atoms in total. The molecule has 0 aliphatic carbocycles. The van der Waals surface area contributed by atoms with Crippen molar-refractivity contribution in [2.75, 3.05) is 4.90 Å². The van der Waals surface area contributed by atoms with E-state index in [2.05, 4.69) is 0 Å². The van der Waals surface area contributed by atoms with E-state index in [0.29, 0.717) is 26.9 Å². The van der Waals surface area contributed by atoms with Crippen LogP contribution in [0.2, 0.25) is 10.0 Å². The molecule has 4 rings (SSSR count). The van der Waals surface area contributed by atoms with Gasteiger partial charge in [0, 0.05) is 11.3 Å². The van der Waals surface area contributed by atoms with Crippen LogP contribution in [0.1, 0.15) is 28.3 Å². The molecular weight excluding hydrogens is 433 g/mol. The van der Waals surface area contributed by atoms with E-state index in [1.54, 1.807) is 36.4 Å². The number of benzene rings is 3. The number of Topliss-reactive ketones (excluding diaryl/α,β-unsaturated/α-hetero) is 1. The Balaban J connectivity index is 1.97. The van der Waals surface area contributed by atoms with Gasteiger partial charge in [0.25, 0.3) is 11.7 Å². The topological polar surface area (TPSA) is 57.6 Å². The van der Waals surface area contributed by atoms with Gasteiger partial charge in [0.2, 0.25) is 0 Å². The SMILES string of the molecule is Cc1ccc(/C(O)=C2/C(=O)C(=O)N(c3cccc(C)c3)C2c2ccc(Cl)c(Cl)c2)cc1. The van der Waals surface area contributed by atoms with Crippen LogP contribution in [0.15, 0.2) is 72.3 Å². The summed E-state index contributed by atoms with van der Waals surface area (Å²) in [5.41, 5.74) is 3.54. The van der Waals surface area contributed by atoms with Crippen LogP contribution < -0.4 is 4.90 Å². The fourth-order valence-corrected chi connectivity index (χ4v) is 4.05. The van der Waals surface area contributed by atoms with Crippen molar-refractivity contribution in [3.05, 3.63) is 105 Å². The number of halogens is 2. The van der Waals surface area contributed by atoms with Gasteiger partial charge < -0.3 is 5.11 Å². The molecule has 6 heteroatoms. The molecule has 0 saturated carbocycles. The van der Waals surface area contributed by atoms with Gasteiger partial charge in [0.05, 0.1) is 21.7 Å². The van der Waals surface area contributed by atoms with Gasteiger partial charge in [-0.25, -0.2) is 0 Å². The smallest absolute Gasteiger partial charge is 0.300 e. The second-order valence-electron chi connectivity index (χ2n) is 7.55. The third-order valence-electron chi connectivity index (χ3n) is 5.31. The Morgan fingerprint density at radius 1 is 0.871 bits per heavy atom. The maximum Gasteiger partial charge on any atom is 0.300 e. The molecule has 1 amide bonds. The summed E-state index contributed by atoms with van der Waals surface area (Å²) >= 11 is 12.3. The summed E-state index contributed by atoms with van der Waals surface area (Å²) in [7, 11) is 0. The molecule has 3 aromatic rings. The predicted molar refractivity (Wildman–Crippen MR) is 124 cm³/mol. The summed E-state index contributed by atoms with van der Waals surface area (Å²) in [6.45, 7) is 3.83. The molecule has 0 bridgehead atoms. The van der Waals surface area contributed by atoms with Crippen molar-refractivity contribution in [1.29, 1.82) is 0 Å². The van der Waals surface area contributed by atoms with Crippen molar-refractivity contribution in [2.24, 2.45) is 0 Å². The lowest BCUT2D eigenvalue weighted by molar-refractivity contribution is -0.132. The molecule has 1 aliphatic heterocycles. The first-order chi connectivity index (χ1) is 14.8. The van der Waals surface area contributed by atoms with Gasteiger partial charge in [-0.1, -0.05) is 71.2 Å². The summed E-state index contributed by atoms with van der Waals surface area (Å²) in [5.74, 6) is -1.70. The molecule has 0 radical (unpaired) electrons. The van der Waals surface area contributed by atoms with Gasteiger partial charge in [-0.15, -0.1) is 0 Å². The van der Waals surface area contributed by atoms with Crippen LogP contribution in [0, 0.1) is 13.8 Å². The highest BCUT2D eigenvalue weighted by Crippen LogP contribution is 2.43. The Bertz CT molecular complexity index is 1230. The quantitative estimate of drug-likeness (QED) is 0.291. The summed E-state index contributed by atoms with van der Waals surface area (Å²) < 4.78 is 0. The summed E-state index contributed by atoms with van der Waals surface area (Å²) in [4.78, 5) is 27.6. The van der Waals surface area contributed by atoms with E-state index in [4.69, 9.17) is 23.2 Å². The van der Waals surface area contributed by atoms with Crippen LogP contribution in [-0.4, -0.2) is 16.8 Å². The van der Waals surface area contributed by atoms with Gasteiger partial charge >= 0.3 is 0 Å². The highest BCUT2D eigenvalue weighted by Gasteiger charge is 2.47. The first-order valence-electron chi connectivity index (χ1n) is 9.67.